The van der Waals surface area contributed by atoms with Gasteiger partial charge < -0.3 is 20.9 Å². The fourth-order valence-corrected chi connectivity index (χ4v) is 1.20. The number of carbonyl (C=O) groups is 1. The van der Waals surface area contributed by atoms with Gasteiger partial charge in [0, 0.05) is 17.4 Å². The first-order valence-corrected chi connectivity index (χ1v) is 4.84. The molecule has 0 aliphatic carbocycles. The number of anilines is 1. The predicted molar refractivity (Wildman–Crippen MR) is 59.5 cm³/mol. The molecule has 0 fully saturated rings. The van der Waals surface area contributed by atoms with Gasteiger partial charge in [-0.1, -0.05) is 0 Å². The fraction of sp³-hybridized carbons (Fsp3) is 0.400. The van der Waals surface area contributed by atoms with Gasteiger partial charge in [-0.2, -0.15) is 0 Å². The van der Waals surface area contributed by atoms with Gasteiger partial charge in [0.1, 0.15) is 6.61 Å². The van der Waals surface area contributed by atoms with E-state index in [1.807, 2.05) is 6.92 Å². The maximum atomic E-state index is 10.3. The molecule has 1 amide bonds. The van der Waals surface area contributed by atoms with Crippen molar-refractivity contribution in [3.05, 3.63) is 17.8 Å². The quantitative estimate of drug-likeness (QED) is 0.710. The molecule has 0 aliphatic rings. The van der Waals surface area contributed by atoms with Crippen LogP contribution >= 0.6 is 0 Å². The Hall–Kier alpha value is -1.98. The fourth-order valence-electron chi connectivity index (χ4n) is 1.20. The molecule has 4 N–H and O–H groups in total. The first kappa shape index (κ1) is 12.1. The summed E-state index contributed by atoms with van der Waals surface area (Å²) in [5.41, 5.74) is 6.95. The predicted octanol–water partition coefficient (Wildman–Crippen LogP) is 1.01. The summed E-state index contributed by atoms with van der Waals surface area (Å²) in [6, 6.07) is 3.02. The monoisotopic (exact) mass is 225 g/mol. The number of nitrogens with two attached hydrogens (primary N) is 1. The van der Waals surface area contributed by atoms with Gasteiger partial charge in [-0.05, 0) is 19.9 Å². The topological polar surface area (TPSA) is 97.5 Å². The third kappa shape index (κ3) is 4.04. The minimum absolute atomic E-state index is 0.211. The second-order valence-electron chi connectivity index (χ2n) is 3.54. The van der Waals surface area contributed by atoms with Gasteiger partial charge in [0.25, 0.3) is 0 Å². The van der Waals surface area contributed by atoms with Crippen molar-refractivity contribution in [1.29, 1.82) is 0 Å². The summed E-state index contributed by atoms with van der Waals surface area (Å²) in [7, 11) is 0. The Morgan fingerprint density at radius 3 is 2.94 bits per heavy atom. The van der Waals surface area contributed by atoms with Crippen LogP contribution in [-0.4, -0.2) is 28.8 Å². The number of carboxylic acid groups (broad SMARTS) is 1. The van der Waals surface area contributed by atoms with E-state index in [1.165, 1.54) is 0 Å². The number of rotatable bonds is 4. The van der Waals surface area contributed by atoms with Crippen LogP contribution in [0.3, 0.4) is 0 Å². The Morgan fingerprint density at radius 1 is 1.69 bits per heavy atom. The highest BCUT2D eigenvalue weighted by molar-refractivity contribution is 5.64. The summed E-state index contributed by atoms with van der Waals surface area (Å²) < 4.78 is 5.31. The maximum absolute atomic E-state index is 10.3. The Kier molecular flexibility index (Phi) is 3.93. The number of aryl methyl sites for hydroxylation is 1. The van der Waals surface area contributed by atoms with Gasteiger partial charge in [0.15, 0.2) is 0 Å². The van der Waals surface area contributed by atoms with Crippen LogP contribution in [0, 0.1) is 6.92 Å². The Balaban J connectivity index is 2.51. The molecule has 6 nitrogen and oxygen atoms in total. The van der Waals surface area contributed by atoms with E-state index in [0.717, 1.165) is 5.69 Å². The molecular formula is C10H15N3O3. The van der Waals surface area contributed by atoms with Crippen LogP contribution in [0.4, 0.5) is 10.5 Å². The Bertz CT molecular complexity index is 361. The van der Waals surface area contributed by atoms with Crippen molar-refractivity contribution in [3.63, 3.8) is 0 Å². The van der Waals surface area contributed by atoms with E-state index in [0.29, 0.717) is 11.6 Å². The minimum Gasteiger partial charge on any atom is -0.475 e. The number of hydrogen-bond donors (Lipinski definition) is 3. The van der Waals surface area contributed by atoms with Gasteiger partial charge >= 0.3 is 6.09 Å². The van der Waals surface area contributed by atoms with E-state index in [2.05, 4.69) is 10.3 Å². The number of hydrogen-bond acceptors (Lipinski definition) is 4. The number of nitrogens with one attached hydrogen (secondary N) is 1. The third-order valence-corrected chi connectivity index (χ3v) is 1.80. The normalized spacial score (nSPS) is 11.9. The van der Waals surface area contributed by atoms with Gasteiger partial charge in [-0.15, -0.1) is 0 Å². The molecule has 1 rings (SSSR count). The maximum Gasteiger partial charge on any atom is 0.404 e. The van der Waals surface area contributed by atoms with Crippen molar-refractivity contribution in [2.45, 2.75) is 19.9 Å². The number of pyridine rings is 1. The summed E-state index contributed by atoms with van der Waals surface area (Å²) >= 11 is 0. The molecular weight excluding hydrogens is 210 g/mol. The number of aromatic nitrogens is 1. The highest BCUT2D eigenvalue weighted by Gasteiger charge is 2.06. The number of nitrogen functional groups attached to an aromatic ring is 1. The molecule has 0 radical (unpaired) electrons. The van der Waals surface area contributed by atoms with Gasteiger partial charge in [-0.3, -0.25) is 0 Å². The second kappa shape index (κ2) is 5.20. The lowest BCUT2D eigenvalue weighted by Gasteiger charge is -2.12. The van der Waals surface area contributed by atoms with Gasteiger partial charge in [0.2, 0.25) is 5.88 Å². The Morgan fingerprint density at radius 2 is 2.38 bits per heavy atom. The molecule has 16 heavy (non-hydrogen) atoms. The zero-order valence-corrected chi connectivity index (χ0v) is 9.23. The first-order valence-electron chi connectivity index (χ1n) is 4.84. The average Bonchev–Trinajstić information content (AvgIpc) is 2.12. The smallest absolute Gasteiger partial charge is 0.404 e. The van der Waals surface area contributed by atoms with E-state index in [-0.39, 0.29) is 12.6 Å². The average molecular weight is 225 g/mol. The lowest BCUT2D eigenvalue weighted by Crippen LogP contribution is -2.35. The molecule has 0 saturated heterocycles. The van der Waals surface area contributed by atoms with E-state index in [9.17, 15) is 4.79 Å². The lowest BCUT2D eigenvalue weighted by atomic mass is 10.3. The van der Waals surface area contributed by atoms with Crippen molar-refractivity contribution < 1.29 is 14.6 Å². The standard InChI is InChI=1S/C10H15N3O3/c1-6-3-8(11)4-9(12-6)16-5-7(2)13-10(14)15/h3-4,7,13H,5H2,1-2H3,(H2,11,12)(H,14,15)/t7-/m0/s1. The molecule has 1 aromatic rings. The first-order chi connectivity index (χ1) is 7.47. The van der Waals surface area contributed by atoms with Gasteiger partial charge in [-0.25, -0.2) is 9.78 Å². The molecule has 1 aromatic heterocycles. The number of nitrogens with zero attached hydrogens (tertiary/aromatic N) is 1. The van der Waals surface area contributed by atoms with E-state index >= 15 is 0 Å². The third-order valence-electron chi connectivity index (χ3n) is 1.80. The zero-order valence-electron chi connectivity index (χ0n) is 9.23. The zero-order chi connectivity index (χ0) is 12.1. The minimum atomic E-state index is -1.08. The highest BCUT2D eigenvalue weighted by atomic mass is 16.5. The molecule has 6 heteroatoms. The van der Waals surface area contributed by atoms with Crippen LogP contribution in [0.25, 0.3) is 0 Å². The van der Waals surface area contributed by atoms with E-state index < -0.39 is 6.09 Å². The summed E-state index contributed by atoms with van der Waals surface area (Å²) in [6.45, 7) is 3.72. The molecule has 0 aromatic carbocycles. The van der Waals surface area contributed by atoms with Crippen molar-refractivity contribution in [1.82, 2.24) is 10.3 Å². The molecule has 0 unspecified atom stereocenters. The van der Waals surface area contributed by atoms with Crippen LogP contribution in [0.2, 0.25) is 0 Å². The van der Waals surface area contributed by atoms with Gasteiger partial charge in [0.05, 0.1) is 6.04 Å². The molecule has 0 spiro atoms. The van der Waals surface area contributed by atoms with Crippen LogP contribution in [0.5, 0.6) is 5.88 Å². The SMILES string of the molecule is Cc1cc(N)cc(OC[C@H](C)NC(=O)O)n1. The summed E-state index contributed by atoms with van der Waals surface area (Å²) in [5, 5.41) is 10.7. The summed E-state index contributed by atoms with van der Waals surface area (Å²) in [4.78, 5) is 14.4. The molecule has 0 saturated carbocycles. The van der Waals surface area contributed by atoms with Crippen LogP contribution in [0.15, 0.2) is 12.1 Å². The largest absolute Gasteiger partial charge is 0.475 e. The number of ether oxygens (including phenoxy) is 1. The lowest BCUT2D eigenvalue weighted by molar-refractivity contribution is 0.182. The second-order valence-corrected chi connectivity index (χ2v) is 3.54. The van der Waals surface area contributed by atoms with E-state index in [1.54, 1.807) is 19.1 Å². The summed E-state index contributed by atoms with van der Waals surface area (Å²) in [6.07, 6.45) is -1.08. The number of amides is 1. The van der Waals surface area contributed by atoms with Crippen molar-refractivity contribution >= 4 is 11.8 Å². The van der Waals surface area contributed by atoms with E-state index in [4.69, 9.17) is 15.6 Å². The molecule has 0 bridgehead atoms. The van der Waals surface area contributed by atoms with Crippen molar-refractivity contribution in [2.75, 3.05) is 12.3 Å². The van der Waals surface area contributed by atoms with Crippen LogP contribution < -0.4 is 15.8 Å². The van der Waals surface area contributed by atoms with Crippen LogP contribution in [0.1, 0.15) is 12.6 Å². The summed E-state index contributed by atoms with van der Waals surface area (Å²) in [5.74, 6) is 0.400. The molecule has 88 valence electrons. The Labute approximate surface area is 93.4 Å². The molecule has 0 aliphatic heterocycles. The highest BCUT2D eigenvalue weighted by Crippen LogP contribution is 2.13. The van der Waals surface area contributed by atoms with Crippen molar-refractivity contribution in [3.8, 4) is 5.88 Å². The van der Waals surface area contributed by atoms with Crippen molar-refractivity contribution in [2.24, 2.45) is 0 Å². The van der Waals surface area contributed by atoms with Crippen LogP contribution in [-0.2, 0) is 0 Å². The molecule has 1 heterocycles. The molecule has 1 atom stereocenters.